The summed E-state index contributed by atoms with van der Waals surface area (Å²) in [5, 5.41) is 9.19. The number of hydrogen-bond donors (Lipinski definition) is 2. The summed E-state index contributed by atoms with van der Waals surface area (Å²) in [6.07, 6.45) is 0. The largest absolute Gasteiger partial charge is 0.506 e. The van der Waals surface area contributed by atoms with E-state index in [1.165, 1.54) is 25.3 Å². The highest BCUT2D eigenvalue weighted by molar-refractivity contribution is 6.32. The number of halogens is 1. The minimum absolute atomic E-state index is 0.0596. The van der Waals surface area contributed by atoms with Crippen molar-refractivity contribution in [2.45, 2.75) is 0 Å². The number of benzene rings is 1. The van der Waals surface area contributed by atoms with E-state index in [1.807, 2.05) is 0 Å². The lowest BCUT2D eigenvalue weighted by atomic mass is 10.2. The van der Waals surface area contributed by atoms with Crippen molar-refractivity contribution in [3.8, 4) is 5.75 Å². The smallest absolute Gasteiger partial charge is 0.274 e. The predicted molar refractivity (Wildman–Crippen MR) is 47.6 cm³/mol. The third-order valence-corrected chi connectivity index (χ3v) is 1.71. The first kappa shape index (κ1) is 9.83. The van der Waals surface area contributed by atoms with Gasteiger partial charge in [0.15, 0.2) is 0 Å². The number of aromatic hydroxyl groups is 1. The first-order valence-electron chi connectivity index (χ1n) is 3.47. The zero-order valence-electron chi connectivity index (χ0n) is 6.87. The first-order valence-corrected chi connectivity index (χ1v) is 3.85. The highest BCUT2D eigenvalue weighted by atomic mass is 35.5. The van der Waals surface area contributed by atoms with Gasteiger partial charge in [-0.25, -0.2) is 5.48 Å². The topological polar surface area (TPSA) is 58.6 Å². The molecule has 0 heterocycles. The number of carbonyl (C=O) groups excluding carboxylic acids is 1. The van der Waals surface area contributed by atoms with E-state index in [2.05, 4.69) is 10.3 Å². The molecule has 0 radical (unpaired) electrons. The van der Waals surface area contributed by atoms with Crippen molar-refractivity contribution in [2.75, 3.05) is 7.11 Å². The molecule has 0 spiro atoms. The fraction of sp³-hybridized carbons (Fsp3) is 0.125. The van der Waals surface area contributed by atoms with Crippen molar-refractivity contribution >= 4 is 17.5 Å². The van der Waals surface area contributed by atoms with Gasteiger partial charge >= 0.3 is 0 Å². The monoisotopic (exact) mass is 201 g/mol. The molecule has 0 aliphatic rings. The molecule has 0 fully saturated rings. The van der Waals surface area contributed by atoms with Gasteiger partial charge in [-0.2, -0.15) is 0 Å². The summed E-state index contributed by atoms with van der Waals surface area (Å²) in [6.45, 7) is 0. The molecule has 0 atom stereocenters. The Balaban J connectivity index is 2.90. The Morgan fingerprint density at radius 1 is 1.62 bits per heavy atom. The number of rotatable bonds is 2. The molecule has 1 aromatic rings. The Morgan fingerprint density at radius 3 is 2.85 bits per heavy atom. The van der Waals surface area contributed by atoms with Crippen LogP contribution in [0.2, 0.25) is 5.02 Å². The molecule has 1 rings (SSSR count). The summed E-state index contributed by atoms with van der Waals surface area (Å²) in [5.41, 5.74) is 2.45. The predicted octanol–water partition coefficient (Wildman–Crippen LogP) is 1.34. The minimum atomic E-state index is -0.413. The third kappa shape index (κ3) is 2.34. The SMILES string of the molecule is CONC(=O)c1ccc(O)c(Cl)c1. The van der Waals surface area contributed by atoms with E-state index in [4.69, 9.17) is 16.7 Å². The number of phenolic OH excluding ortho intramolecular Hbond substituents is 1. The van der Waals surface area contributed by atoms with Crippen LogP contribution >= 0.6 is 11.6 Å². The molecule has 1 aromatic carbocycles. The van der Waals surface area contributed by atoms with Crippen LogP contribution in [0.3, 0.4) is 0 Å². The molecule has 2 N–H and O–H groups in total. The van der Waals surface area contributed by atoms with Gasteiger partial charge in [-0.3, -0.25) is 9.63 Å². The molecular formula is C8H8ClNO3. The van der Waals surface area contributed by atoms with Gasteiger partial charge in [0.2, 0.25) is 0 Å². The van der Waals surface area contributed by atoms with Gasteiger partial charge < -0.3 is 5.11 Å². The van der Waals surface area contributed by atoms with Crippen LogP contribution in [0.1, 0.15) is 10.4 Å². The van der Waals surface area contributed by atoms with Crippen molar-refractivity contribution in [3.63, 3.8) is 0 Å². The van der Waals surface area contributed by atoms with Gasteiger partial charge in [-0.1, -0.05) is 11.6 Å². The van der Waals surface area contributed by atoms with Crippen LogP contribution in [0, 0.1) is 0 Å². The van der Waals surface area contributed by atoms with Gasteiger partial charge in [0.1, 0.15) is 5.75 Å². The normalized spacial score (nSPS) is 9.69. The quantitative estimate of drug-likeness (QED) is 0.710. The van der Waals surface area contributed by atoms with Gasteiger partial charge in [0, 0.05) is 5.56 Å². The summed E-state index contributed by atoms with van der Waals surface area (Å²) in [4.78, 5) is 15.6. The summed E-state index contributed by atoms with van der Waals surface area (Å²) < 4.78 is 0. The van der Waals surface area contributed by atoms with E-state index in [0.717, 1.165) is 0 Å². The molecule has 0 aliphatic carbocycles. The maximum Gasteiger partial charge on any atom is 0.274 e. The van der Waals surface area contributed by atoms with Crippen LogP contribution in [0.25, 0.3) is 0 Å². The van der Waals surface area contributed by atoms with E-state index in [9.17, 15) is 4.79 Å². The Hall–Kier alpha value is -1.26. The van der Waals surface area contributed by atoms with Crippen molar-refractivity contribution in [1.29, 1.82) is 0 Å². The van der Waals surface area contributed by atoms with Crippen LogP contribution in [-0.4, -0.2) is 18.1 Å². The van der Waals surface area contributed by atoms with Gasteiger partial charge in [-0.05, 0) is 18.2 Å². The summed E-state index contributed by atoms with van der Waals surface area (Å²) in [6, 6.07) is 4.13. The second-order valence-electron chi connectivity index (χ2n) is 2.30. The average Bonchev–Trinajstić information content (AvgIpc) is 2.10. The molecule has 0 aliphatic heterocycles. The summed E-state index contributed by atoms with van der Waals surface area (Å²) in [5.74, 6) is -0.472. The van der Waals surface area contributed by atoms with E-state index in [-0.39, 0.29) is 10.8 Å². The molecule has 13 heavy (non-hydrogen) atoms. The van der Waals surface area contributed by atoms with E-state index in [1.54, 1.807) is 0 Å². The molecule has 5 heteroatoms. The Labute approximate surface area is 80.0 Å². The lowest BCUT2D eigenvalue weighted by Crippen LogP contribution is -2.21. The number of carbonyl (C=O) groups is 1. The van der Waals surface area contributed by atoms with Crippen LogP contribution in [0.4, 0.5) is 0 Å². The molecule has 0 bridgehead atoms. The molecule has 0 unspecified atom stereocenters. The zero-order valence-corrected chi connectivity index (χ0v) is 7.63. The third-order valence-electron chi connectivity index (χ3n) is 1.40. The lowest BCUT2D eigenvalue weighted by molar-refractivity contribution is 0.0537. The summed E-state index contributed by atoms with van der Waals surface area (Å²) >= 11 is 5.59. The molecule has 70 valence electrons. The molecule has 0 saturated heterocycles. The fourth-order valence-corrected chi connectivity index (χ4v) is 0.980. The highest BCUT2D eigenvalue weighted by Crippen LogP contribution is 2.23. The molecule has 0 saturated carbocycles. The summed E-state index contributed by atoms with van der Waals surface area (Å²) in [7, 11) is 1.33. The van der Waals surface area contributed by atoms with Crippen molar-refractivity contribution < 1.29 is 14.7 Å². The lowest BCUT2D eigenvalue weighted by Gasteiger charge is -2.02. The van der Waals surface area contributed by atoms with Crippen LogP contribution in [-0.2, 0) is 4.84 Å². The van der Waals surface area contributed by atoms with Crippen molar-refractivity contribution in [3.05, 3.63) is 28.8 Å². The van der Waals surface area contributed by atoms with Crippen LogP contribution < -0.4 is 5.48 Å². The standard InChI is InChI=1S/C8H8ClNO3/c1-13-10-8(12)5-2-3-7(11)6(9)4-5/h2-4,11H,1H3,(H,10,12). The Bertz CT molecular complexity index is 327. The Morgan fingerprint density at radius 2 is 2.31 bits per heavy atom. The second-order valence-corrected chi connectivity index (χ2v) is 2.71. The second kappa shape index (κ2) is 4.11. The van der Waals surface area contributed by atoms with Gasteiger partial charge in [-0.15, -0.1) is 0 Å². The molecule has 1 amide bonds. The average molecular weight is 202 g/mol. The van der Waals surface area contributed by atoms with Crippen molar-refractivity contribution in [1.82, 2.24) is 5.48 Å². The number of hydroxylamine groups is 1. The van der Waals surface area contributed by atoms with Crippen LogP contribution in [0.15, 0.2) is 18.2 Å². The number of amides is 1. The Kier molecular flexibility index (Phi) is 3.11. The number of nitrogens with one attached hydrogen (secondary N) is 1. The van der Waals surface area contributed by atoms with Gasteiger partial charge in [0.05, 0.1) is 12.1 Å². The van der Waals surface area contributed by atoms with Crippen LogP contribution in [0.5, 0.6) is 5.75 Å². The van der Waals surface area contributed by atoms with Crippen molar-refractivity contribution in [2.24, 2.45) is 0 Å². The zero-order chi connectivity index (χ0) is 9.84. The highest BCUT2D eigenvalue weighted by Gasteiger charge is 2.06. The maximum absolute atomic E-state index is 11.1. The fourth-order valence-electron chi connectivity index (χ4n) is 0.800. The van der Waals surface area contributed by atoms with E-state index in [0.29, 0.717) is 5.56 Å². The minimum Gasteiger partial charge on any atom is -0.506 e. The molecular weight excluding hydrogens is 194 g/mol. The maximum atomic E-state index is 11.1. The molecule has 0 aromatic heterocycles. The van der Waals surface area contributed by atoms with E-state index < -0.39 is 5.91 Å². The molecule has 4 nitrogen and oxygen atoms in total. The number of hydrogen-bond acceptors (Lipinski definition) is 3. The van der Waals surface area contributed by atoms with E-state index >= 15 is 0 Å². The number of phenols is 1. The van der Waals surface area contributed by atoms with Gasteiger partial charge in [0.25, 0.3) is 5.91 Å². The first-order chi connectivity index (χ1) is 6.15.